The highest BCUT2D eigenvalue weighted by molar-refractivity contribution is 6.02. The third-order valence-corrected chi connectivity index (χ3v) is 3.19. The fourth-order valence-electron chi connectivity index (χ4n) is 2.40. The molecule has 94 valence electrons. The van der Waals surface area contributed by atoms with E-state index in [2.05, 4.69) is 0 Å². The molecule has 18 heavy (non-hydrogen) atoms. The van der Waals surface area contributed by atoms with Crippen LogP contribution < -0.4 is 4.90 Å². The molecule has 0 bridgehead atoms. The molecule has 0 spiro atoms. The van der Waals surface area contributed by atoms with E-state index in [9.17, 15) is 14.7 Å². The largest absolute Gasteiger partial charge is 0.478 e. The number of carbonyl (C=O) groups is 2. The van der Waals surface area contributed by atoms with Gasteiger partial charge in [-0.15, -0.1) is 0 Å². The number of carboxylic acid groups (broad SMARTS) is 1. The summed E-state index contributed by atoms with van der Waals surface area (Å²) < 4.78 is 0. The Balaban J connectivity index is 2.53. The molecule has 1 unspecified atom stereocenters. The van der Waals surface area contributed by atoms with Gasteiger partial charge in [-0.1, -0.05) is 25.1 Å². The van der Waals surface area contributed by atoms with E-state index in [1.54, 1.807) is 26.0 Å². The van der Waals surface area contributed by atoms with Crippen molar-refractivity contribution >= 4 is 17.6 Å². The first kappa shape index (κ1) is 12.4. The van der Waals surface area contributed by atoms with Gasteiger partial charge in [0.05, 0.1) is 5.57 Å². The molecule has 1 amide bonds. The zero-order valence-electron chi connectivity index (χ0n) is 10.4. The van der Waals surface area contributed by atoms with Crippen molar-refractivity contribution in [2.45, 2.75) is 20.3 Å². The maximum Gasteiger partial charge on any atom is 0.333 e. The lowest BCUT2D eigenvalue weighted by Crippen LogP contribution is -2.38. The van der Waals surface area contributed by atoms with Gasteiger partial charge in [-0.2, -0.15) is 0 Å². The molecule has 2 rings (SSSR count). The summed E-state index contributed by atoms with van der Waals surface area (Å²) in [5, 5.41) is 9.23. The molecule has 1 aromatic rings. The second kappa shape index (κ2) is 4.64. The van der Waals surface area contributed by atoms with Gasteiger partial charge in [-0.3, -0.25) is 9.69 Å². The summed E-state index contributed by atoms with van der Waals surface area (Å²) in [5.41, 5.74) is 1.54. The van der Waals surface area contributed by atoms with Crippen LogP contribution in [-0.2, 0) is 9.59 Å². The van der Waals surface area contributed by atoms with Gasteiger partial charge in [-0.25, -0.2) is 4.79 Å². The first-order chi connectivity index (χ1) is 8.52. The van der Waals surface area contributed by atoms with Crippen LogP contribution in [0.2, 0.25) is 0 Å². The third kappa shape index (κ3) is 2.01. The van der Waals surface area contributed by atoms with Crippen LogP contribution in [0.5, 0.6) is 0 Å². The van der Waals surface area contributed by atoms with E-state index in [4.69, 9.17) is 0 Å². The molecule has 0 saturated carbocycles. The molecule has 1 aliphatic heterocycles. The molecule has 0 radical (unpaired) electrons. The van der Waals surface area contributed by atoms with Crippen molar-refractivity contribution < 1.29 is 14.7 Å². The first-order valence-electron chi connectivity index (χ1n) is 5.84. The normalized spacial score (nSPS) is 20.2. The molecule has 0 saturated heterocycles. The maximum absolute atomic E-state index is 12.1. The van der Waals surface area contributed by atoms with Crippen LogP contribution in [0.3, 0.4) is 0 Å². The average Bonchev–Trinajstić information content (AvgIpc) is 2.28. The molecule has 1 aliphatic rings. The van der Waals surface area contributed by atoms with Crippen molar-refractivity contribution in [3.8, 4) is 0 Å². The smallest absolute Gasteiger partial charge is 0.333 e. The van der Waals surface area contributed by atoms with Crippen LogP contribution in [0, 0.1) is 5.92 Å². The van der Waals surface area contributed by atoms with Gasteiger partial charge in [0.25, 0.3) is 0 Å². The summed E-state index contributed by atoms with van der Waals surface area (Å²) in [6, 6.07) is 9.12. The molecular formula is C14H15NO3. The summed E-state index contributed by atoms with van der Waals surface area (Å²) in [6.07, 6.45) is 0.230. The molecule has 4 nitrogen and oxygen atoms in total. The van der Waals surface area contributed by atoms with E-state index >= 15 is 0 Å². The van der Waals surface area contributed by atoms with Crippen LogP contribution in [0.15, 0.2) is 41.6 Å². The Kier molecular flexibility index (Phi) is 3.19. The summed E-state index contributed by atoms with van der Waals surface area (Å²) in [7, 11) is 0. The number of aliphatic carboxylic acids is 1. The van der Waals surface area contributed by atoms with E-state index in [0.717, 1.165) is 0 Å². The first-order valence-corrected chi connectivity index (χ1v) is 5.84. The second-order valence-electron chi connectivity index (χ2n) is 4.47. The van der Waals surface area contributed by atoms with Gasteiger partial charge < -0.3 is 5.11 Å². The molecular weight excluding hydrogens is 230 g/mol. The lowest BCUT2D eigenvalue weighted by Gasteiger charge is -2.32. The van der Waals surface area contributed by atoms with Gasteiger partial charge in [0.15, 0.2) is 0 Å². The number of benzene rings is 1. The highest BCUT2D eigenvalue weighted by atomic mass is 16.4. The summed E-state index contributed by atoms with van der Waals surface area (Å²) >= 11 is 0. The molecule has 0 aliphatic carbocycles. The Labute approximate surface area is 106 Å². The molecule has 4 heteroatoms. The van der Waals surface area contributed by atoms with Crippen LogP contribution in [0.4, 0.5) is 5.69 Å². The standard InChI is InChI=1S/C14H15NO3/c1-9-8-12(16)15(10(2)13(9)14(17)18)11-6-4-3-5-7-11/h3-7,9H,8H2,1-2H3,(H,17,18). The van der Waals surface area contributed by atoms with Gasteiger partial charge in [-0.05, 0) is 25.0 Å². The Hall–Kier alpha value is -2.10. The fraction of sp³-hybridized carbons (Fsp3) is 0.286. The average molecular weight is 245 g/mol. The summed E-state index contributed by atoms with van der Waals surface area (Å²) in [4.78, 5) is 24.8. The molecule has 1 aromatic carbocycles. The Morgan fingerprint density at radius 2 is 1.94 bits per heavy atom. The number of nitrogens with zero attached hydrogens (tertiary/aromatic N) is 1. The molecule has 0 fully saturated rings. The predicted octanol–water partition coefficient (Wildman–Crippen LogP) is 2.42. The van der Waals surface area contributed by atoms with Crippen molar-refractivity contribution in [1.29, 1.82) is 0 Å². The van der Waals surface area contributed by atoms with E-state index in [1.807, 2.05) is 18.2 Å². The topological polar surface area (TPSA) is 57.6 Å². The molecule has 0 aromatic heterocycles. The van der Waals surface area contributed by atoms with Gasteiger partial charge in [0, 0.05) is 17.8 Å². The molecule has 1 atom stereocenters. The van der Waals surface area contributed by atoms with Crippen LogP contribution in [0.25, 0.3) is 0 Å². The quantitative estimate of drug-likeness (QED) is 0.870. The lowest BCUT2D eigenvalue weighted by molar-refractivity contribution is -0.133. The zero-order chi connectivity index (χ0) is 13.3. The van der Waals surface area contributed by atoms with E-state index in [0.29, 0.717) is 17.0 Å². The van der Waals surface area contributed by atoms with Crippen molar-refractivity contribution in [1.82, 2.24) is 0 Å². The summed E-state index contributed by atoms with van der Waals surface area (Å²) in [5.74, 6) is -1.25. The van der Waals surface area contributed by atoms with E-state index in [1.165, 1.54) is 4.90 Å². The number of hydrogen-bond donors (Lipinski definition) is 1. The highest BCUT2D eigenvalue weighted by Crippen LogP contribution is 2.32. The molecule has 1 heterocycles. The number of hydrogen-bond acceptors (Lipinski definition) is 2. The minimum atomic E-state index is -0.951. The Morgan fingerprint density at radius 1 is 1.33 bits per heavy atom. The lowest BCUT2D eigenvalue weighted by atomic mass is 9.91. The van der Waals surface area contributed by atoms with Crippen molar-refractivity contribution in [2.24, 2.45) is 5.92 Å². The van der Waals surface area contributed by atoms with E-state index in [-0.39, 0.29) is 18.2 Å². The van der Waals surface area contributed by atoms with Gasteiger partial charge in [0.1, 0.15) is 0 Å². The number of allylic oxidation sites excluding steroid dienone is 1. The number of carboxylic acids is 1. The van der Waals surface area contributed by atoms with Crippen molar-refractivity contribution in [3.05, 3.63) is 41.6 Å². The van der Waals surface area contributed by atoms with Crippen molar-refractivity contribution in [2.75, 3.05) is 4.90 Å². The predicted molar refractivity (Wildman–Crippen MR) is 68.0 cm³/mol. The van der Waals surface area contributed by atoms with Crippen LogP contribution in [0.1, 0.15) is 20.3 Å². The number of rotatable bonds is 2. The SMILES string of the molecule is CC1=C(C(=O)O)C(C)CC(=O)N1c1ccccc1. The van der Waals surface area contributed by atoms with Crippen LogP contribution in [-0.4, -0.2) is 17.0 Å². The van der Waals surface area contributed by atoms with Crippen molar-refractivity contribution in [3.63, 3.8) is 0 Å². The monoisotopic (exact) mass is 245 g/mol. The summed E-state index contributed by atoms with van der Waals surface area (Å²) in [6.45, 7) is 3.46. The second-order valence-corrected chi connectivity index (χ2v) is 4.47. The highest BCUT2D eigenvalue weighted by Gasteiger charge is 2.33. The minimum absolute atomic E-state index is 0.0591. The Bertz CT molecular complexity index is 519. The third-order valence-electron chi connectivity index (χ3n) is 3.19. The fourth-order valence-corrected chi connectivity index (χ4v) is 2.40. The Morgan fingerprint density at radius 3 is 2.50 bits per heavy atom. The van der Waals surface area contributed by atoms with E-state index < -0.39 is 5.97 Å². The number of para-hydroxylation sites is 1. The number of carbonyl (C=O) groups excluding carboxylic acids is 1. The minimum Gasteiger partial charge on any atom is -0.478 e. The van der Waals surface area contributed by atoms with Gasteiger partial charge in [0.2, 0.25) is 5.91 Å². The number of anilines is 1. The maximum atomic E-state index is 12.1. The molecule has 1 N–H and O–H groups in total. The van der Waals surface area contributed by atoms with Gasteiger partial charge >= 0.3 is 5.97 Å². The zero-order valence-corrected chi connectivity index (χ0v) is 10.4. The number of amides is 1. The van der Waals surface area contributed by atoms with Crippen LogP contribution >= 0.6 is 0 Å².